The molecule has 0 saturated heterocycles. The quantitative estimate of drug-likeness (QED) is 0.616. The van der Waals surface area contributed by atoms with E-state index in [4.69, 9.17) is 5.73 Å². The molecule has 0 aliphatic heterocycles. The topological polar surface area (TPSA) is 66.5 Å². The summed E-state index contributed by atoms with van der Waals surface area (Å²) in [5, 5.41) is 19.0. The maximum Gasteiger partial charge on any atom is 0.127 e. The second kappa shape index (κ2) is 2.92. The van der Waals surface area contributed by atoms with Crippen molar-refractivity contribution in [3.63, 3.8) is 0 Å². The average molecular weight is 181 g/mol. The molecule has 3 heteroatoms. The first-order valence-electron chi connectivity index (χ1n) is 4.15. The highest BCUT2D eigenvalue weighted by molar-refractivity contribution is 5.49. The summed E-state index contributed by atoms with van der Waals surface area (Å²) >= 11 is 0. The van der Waals surface area contributed by atoms with Crippen molar-refractivity contribution in [2.45, 2.75) is 26.3 Å². The van der Waals surface area contributed by atoms with Crippen molar-refractivity contribution in [2.75, 3.05) is 0 Å². The standard InChI is InChI=1S/C10H15NO2/c1-6-8(12)5-4-7(9(6)13)10(2,3)11/h4-5,12-13H,11H2,1-3H3. The van der Waals surface area contributed by atoms with E-state index in [0.717, 1.165) is 0 Å². The highest BCUT2D eigenvalue weighted by atomic mass is 16.3. The number of phenols is 2. The highest BCUT2D eigenvalue weighted by Gasteiger charge is 2.20. The van der Waals surface area contributed by atoms with Crippen LogP contribution in [0.5, 0.6) is 11.5 Å². The predicted molar refractivity (Wildman–Crippen MR) is 51.7 cm³/mol. The predicted octanol–water partition coefficient (Wildman–Crippen LogP) is 1.60. The minimum absolute atomic E-state index is 0.0764. The van der Waals surface area contributed by atoms with Crippen molar-refractivity contribution in [2.24, 2.45) is 5.73 Å². The van der Waals surface area contributed by atoms with E-state index in [1.165, 1.54) is 0 Å². The lowest BCUT2D eigenvalue weighted by atomic mass is 9.93. The summed E-state index contributed by atoms with van der Waals surface area (Å²) in [5.41, 5.74) is 6.35. The van der Waals surface area contributed by atoms with Crippen LogP contribution < -0.4 is 5.73 Å². The van der Waals surface area contributed by atoms with Crippen molar-refractivity contribution < 1.29 is 10.2 Å². The van der Waals surface area contributed by atoms with Gasteiger partial charge in [0.15, 0.2) is 0 Å². The molecule has 3 nitrogen and oxygen atoms in total. The molecule has 4 N–H and O–H groups in total. The lowest BCUT2D eigenvalue weighted by Gasteiger charge is -2.21. The molecular formula is C10H15NO2. The van der Waals surface area contributed by atoms with Crippen LogP contribution in [-0.4, -0.2) is 10.2 Å². The lowest BCUT2D eigenvalue weighted by Crippen LogP contribution is -2.28. The number of hydrogen-bond donors (Lipinski definition) is 3. The van der Waals surface area contributed by atoms with Crippen LogP contribution in [0.2, 0.25) is 0 Å². The summed E-state index contributed by atoms with van der Waals surface area (Å²) in [4.78, 5) is 0. The smallest absolute Gasteiger partial charge is 0.127 e. The molecule has 0 bridgehead atoms. The molecule has 0 aliphatic carbocycles. The zero-order valence-electron chi connectivity index (χ0n) is 8.13. The molecule has 0 aliphatic rings. The molecule has 0 unspecified atom stereocenters. The van der Waals surface area contributed by atoms with Crippen molar-refractivity contribution in [3.8, 4) is 11.5 Å². The van der Waals surface area contributed by atoms with Gasteiger partial charge in [0, 0.05) is 16.7 Å². The van der Waals surface area contributed by atoms with Crippen LogP contribution >= 0.6 is 0 Å². The summed E-state index contributed by atoms with van der Waals surface area (Å²) in [6, 6.07) is 3.18. The fourth-order valence-electron chi connectivity index (χ4n) is 1.21. The minimum atomic E-state index is -0.595. The average Bonchev–Trinajstić information content (AvgIpc) is 1.98. The van der Waals surface area contributed by atoms with E-state index in [9.17, 15) is 10.2 Å². The van der Waals surface area contributed by atoms with Crippen LogP contribution in [-0.2, 0) is 5.54 Å². The molecule has 13 heavy (non-hydrogen) atoms. The van der Waals surface area contributed by atoms with E-state index in [-0.39, 0.29) is 11.5 Å². The zero-order valence-corrected chi connectivity index (χ0v) is 8.13. The van der Waals surface area contributed by atoms with E-state index < -0.39 is 5.54 Å². The van der Waals surface area contributed by atoms with E-state index >= 15 is 0 Å². The largest absolute Gasteiger partial charge is 0.508 e. The van der Waals surface area contributed by atoms with Gasteiger partial charge in [-0.25, -0.2) is 0 Å². The van der Waals surface area contributed by atoms with Gasteiger partial charge in [0.2, 0.25) is 0 Å². The third-order valence-electron chi connectivity index (χ3n) is 2.10. The summed E-state index contributed by atoms with van der Waals surface area (Å²) < 4.78 is 0. The van der Waals surface area contributed by atoms with E-state index in [1.807, 2.05) is 0 Å². The molecule has 1 aromatic carbocycles. The Labute approximate surface area is 77.8 Å². The Kier molecular flexibility index (Phi) is 2.22. The van der Waals surface area contributed by atoms with Crippen molar-refractivity contribution in [1.29, 1.82) is 0 Å². The maximum absolute atomic E-state index is 9.67. The highest BCUT2D eigenvalue weighted by Crippen LogP contribution is 2.34. The van der Waals surface area contributed by atoms with Gasteiger partial charge >= 0.3 is 0 Å². The number of rotatable bonds is 1. The first kappa shape index (κ1) is 9.86. The summed E-state index contributed by atoms with van der Waals surface area (Å²) in [6.07, 6.45) is 0. The second-order valence-corrected chi connectivity index (χ2v) is 3.83. The van der Waals surface area contributed by atoms with Crippen molar-refractivity contribution in [3.05, 3.63) is 23.3 Å². The third-order valence-corrected chi connectivity index (χ3v) is 2.10. The van der Waals surface area contributed by atoms with Gasteiger partial charge in [-0.3, -0.25) is 0 Å². The fraction of sp³-hybridized carbons (Fsp3) is 0.400. The first-order valence-corrected chi connectivity index (χ1v) is 4.15. The molecule has 72 valence electrons. The SMILES string of the molecule is Cc1c(O)ccc(C(C)(C)N)c1O. The van der Waals surface area contributed by atoms with Gasteiger partial charge in [0.1, 0.15) is 11.5 Å². The Morgan fingerprint density at radius 3 is 2.23 bits per heavy atom. The zero-order chi connectivity index (χ0) is 10.2. The summed E-state index contributed by atoms with van der Waals surface area (Å²) in [5.74, 6) is 0.165. The van der Waals surface area contributed by atoms with Crippen LogP contribution in [0.15, 0.2) is 12.1 Å². The van der Waals surface area contributed by atoms with Gasteiger partial charge < -0.3 is 15.9 Å². The summed E-state index contributed by atoms with van der Waals surface area (Å²) in [7, 11) is 0. The lowest BCUT2D eigenvalue weighted by molar-refractivity contribution is 0.421. The van der Waals surface area contributed by atoms with Gasteiger partial charge in [-0.15, -0.1) is 0 Å². The molecule has 0 spiro atoms. The maximum atomic E-state index is 9.67. The molecule has 1 aromatic rings. The molecule has 0 radical (unpaired) electrons. The van der Waals surface area contributed by atoms with Crippen molar-refractivity contribution in [1.82, 2.24) is 0 Å². The number of nitrogens with two attached hydrogens (primary N) is 1. The Morgan fingerprint density at radius 1 is 1.23 bits per heavy atom. The third kappa shape index (κ3) is 1.75. The Hall–Kier alpha value is -1.22. The normalized spacial score (nSPS) is 11.7. The molecular weight excluding hydrogens is 166 g/mol. The van der Waals surface area contributed by atoms with Crippen LogP contribution in [0, 0.1) is 6.92 Å². The number of aromatic hydroxyl groups is 2. The van der Waals surface area contributed by atoms with Gasteiger partial charge in [-0.1, -0.05) is 0 Å². The van der Waals surface area contributed by atoms with Gasteiger partial charge in [-0.2, -0.15) is 0 Å². The molecule has 0 amide bonds. The monoisotopic (exact) mass is 181 g/mol. The van der Waals surface area contributed by atoms with E-state index in [0.29, 0.717) is 11.1 Å². The van der Waals surface area contributed by atoms with E-state index in [2.05, 4.69) is 0 Å². The number of benzene rings is 1. The van der Waals surface area contributed by atoms with Crippen LogP contribution in [0.25, 0.3) is 0 Å². The van der Waals surface area contributed by atoms with Gasteiger partial charge in [-0.05, 0) is 32.9 Å². The number of hydrogen-bond acceptors (Lipinski definition) is 3. The Morgan fingerprint density at radius 2 is 1.77 bits per heavy atom. The first-order chi connectivity index (χ1) is 5.84. The fourth-order valence-corrected chi connectivity index (χ4v) is 1.21. The van der Waals surface area contributed by atoms with Gasteiger partial charge in [0.25, 0.3) is 0 Å². The number of phenolic OH excluding ortho intramolecular Hbond substituents is 2. The van der Waals surface area contributed by atoms with Crippen LogP contribution in [0.1, 0.15) is 25.0 Å². The van der Waals surface area contributed by atoms with Gasteiger partial charge in [0.05, 0.1) is 0 Å². The molecule has 0 saturated carbocycles. The molecule has 0 atom stereocenters. The molecule has 0 heterocycles. The molecule has 0 aromatic heterocycles. The van der Waals surface area contributed by atoms with E-state index in [1.54, 1.807) is 32.9 Å². The van der Waals surface area contributed by atoms with Crippen LogP contribution in [0.4, 0.5) is 0 Å². The Balaban J connectivity index is 3.35. The van der Waals surface area contributed by atoms with Crippen LogP contribution in [0.3, 0.4) is 0 Å². The second-order valence-electron chi connectivity index (χ2n) is 3.83. The molecule has 1 rings (SSSR count). The minimum Gasteiger partial charge on any atom is -0.508 e. The molecule has 0 fully saturated rings. The van der Waals surface area contributed by atoms with Crippen molar-refractivity contribution >= 4 is 0 Å². The Bertz CT molecular complexity index is 326. The summed E-state index contributed by atoms with van der Waals surface area (Å²) in [6.45, 7) is 5.26.